The molecule has 4 N–H and O–H groups in total. The van der Waals surface area contributed by atoms with Crippen molar-refractivity contribution in [1.29, 1.82) is 0 Å². The van der Waals surface area contributed by atoms with E-state index in [4.69, 9.17) is 51.2 Å². The number of aromatic nitrogens is 3. The second-order valence-electron chi connectivity index (χ2n) is 16.6. The number of allylic oxidation sites excluding steroid dienone is 1. The van der Waals surface area contributed by atoms with E-state index in [1.807, 2.05) is 74.5 Å². The molecule has 10 rings (SSSR count). The molecule has 4 atom stereocenters. The van der Waals surface area contributed by atoms with Crippen LogP contribution in [-0.2, 0) is 39.4 Å². The van der Waals surface area contributed by atoms with Gasteiger partial charge in [0.1, 0.15) is 47.4 Å². The number of ether oxygens (including phenoxy) is 3. The van der Waals surface area contributed by atoms with Gasteiger partial charge in [-0.05, 0) is 46.9 Å². The van der Waals surface area contributed by atoms with Gasteiger partial charge in [0.05, 0.1) is 11.3 Å². The van der Waals surface area contributed by atoms with Crippen LogP contribution >= 0.6 is 23.2 Å². The molecule has 0 saturated carbocycles. The van der Waals surface area contributed by atoms with Gasteiger partial charge in [0, 0.05) is 23.1 Å². The zero-order chi connectivity index (χ0) is 46.6. The molecule has 2 unspecified atom stereocenters. The molecule has 2 amide bonds. The van der Waals surface area contributed by atoms with Gasteiger partial charge in [-0.25, -0.2) is 9.78 Å². The zero-order valence-corrected chi connectivity index (χ0v) is 37.2. The van der Waals surface area contributed by atoms with Gasteiger partial charge in [-0.15, -0.1) is 0 Å². The van der Waals surface area contributed by atoms with Crippen molar-refractivity contribution >= 4 is 52.8 Å². The van der Waals surface area contributed by atoms with E-state index in [-0.39, 0.29) is 81.7 Å². The SMILES string of the molecule is CC(C)[C@@H]1NC(=O)[C@@H](NC(=O)OCc2ccccc2)Cc2ccc(OCc3ccccc3)c(c2)C2(c3ccccc3OC2O)c2oc1nc2-c1nc(Cl)c(-c2c(Cl)[nH]c3c2C=CC(=O)C3=O)o1. The minimum atomic E-state index is -1.80. The van der Waals surface area contributed by atoms with Gasteiger partial charge in [-0.2, -0.15) is 4.98 Å². The summed E-state index contributed by atoms with van der Waals surface area (Å²) in [7, 11) is 0. The molecule has 3 aromatic heterocycles. The van der Waals surface area contributed by atoms with Gasteiger partial charge in [0.25, 0.3) is 5.89 Å². The summed E-state index contributed by atoms with van der Waals surface area (Å²) in [6, 6.07) is 28.8. The number of aliphatic hydroxyl groups excluding tert-OH is 1. The molecule has 5 heterocycles. The topological polar surface area (TPSA) is 208 Å². The number of carbonyl (C=O) groups excluding carboxylic acids is 4. The van der Waals surface area contributed by atoms with Crippen molar-refractivity contribution in [1.82, 2.24) is 25.6 Å². The lowest BCUT2D eigenvalue weighted by Crippen LogP contribution is -2.49. The van der Waals surface area contributed by atoms with Gasteiger partial charge in [-0.1, -0.05) is 128 Å². The Morgan fingerprint density at radius 2 is 1.61 bits per heavy atom. The number of rotatable bonds is 9. The second kappa shape index (κ2) is 17.4. The normalized spacial score (nSPS) is 19.6. The maximum absolute atomic E-state index is 14.5. The van der Waals surface area contributed by atoms with E-state index < -0.39 is 47.4 Å². The summed E-state index contributed by atoms with van der Waals surface area (Å²) in [5.74, 6) is -2.12. The highest BCUT2D eigenvalue weighted by molar-refractivity contribution is 6.50. The molecular weight excluding hydrogens is 901 g/mol. The summed E-state index contributed by atoms with van der Waals surface area (Å²) in [4.78, 5) is 65.5. The van der Waals surface area contributed by atoms with Crippen molar-refractivity contribution < 1.29 is 47.3 Å². The van der Waals surface area contributed by atoms with Crippen LogP contribution in [0.5, 0.6) is 11.5 Å². The number of amides is 2. The second-order valence-corrected chi connectivity index (χ2v) is 17.3. The molecule has 7 aromatic rings. The van der Waals surface area contributed by atoms with Gasteiger partial charge < -0.3 is 43.8 Å². The van der Waals surface area contributed by atoms with Crippen LogP contribution in [0.1, 0.15) is 75.4 Å². The largest absolute Gasteiger partial charge is 0.489 e. The number of halogens is 2. The Morgan fingerprint density at radius 1 is 0.896 bits per heavy atom. The minimum absolute atomic E-state index is 0.00590. The van der Waals surface area contributed by atoms with Gasteiger partial charge in [0.15, 0.2) is 22.4 Å². The lowest BCUT2D eigenvalue weighted by molar-refractivity contribution is -0.124. The third-order valence-corrected chi connectivity index (χ3v) is 12.5. The molecule has 2 aliphatic heterocycles. The number of aromatic amines is 1. The fourth-order valence-corrected chi connectivity index (χ4v) is 9.20. The molecule has 15 nitrogen and oxygen atoms in total. The van der Waals surface area contributed by atoms with Crippen molar-refractivity contribution in [3.05, 3.63) is 170 Å². The molecule has 338 valence electrons. The molecule has 67 heavy (non-hydrogen) atoms. The van der Waals surface area contributed by atoms with Crippen molar-refractivity contribution in [3.8, 4) is 34.4 Å². The number of alkyl carbamates (subject to hydrolysis) is 1. The molecule has 0 saturated heterocycles. The van der Waals surface area contributed by atoms with Crippen LogP contribution in [-0.4, -0.2) is 56.0 Å². The number of nitrogens with one attached hydrogen (secondary N) is 3. The average Bonchev–Trinajstić information content (AvgIpc) is 4.09. The Balaban J connectivity index is 1.18. The lowest BCUT2D eigenvalue weighted by atomic mass is 9.71. The molecule has 4 aromatic carbocycles. The summed E-state index contributed by atoms with van der Waals surface area (Å²) in [6.45, 7) is 3.79. The van der Waals surface area contributed by atoms with E-state index in [1.54, 1.807) is 42.5 Å². The summed E-state index contributed by atoms with van der Waals surface area (Å²) in [5.41, 5.74) is 1.51. The van der Waals surface area contributed by atoms with E-state index in [1.165, 1.54) is 6.08 Å². The van der Waals surface area contributed by atoms with Crippen LogP contribution < -0.4 is 20.1 Å². The number of hydrogen-bond donors (Lipinski definition) is 4. The van der Waals surface area contributed by atoms with E-state index in [9.17, 15) is 24.3 Å². The Kier molecular flexibility index (Phi) is 11.3. The first-order valence-corrected chi connectivity index (χ1v) is 22.0. The first-order valence-electron chi connectivity index (χ1n) is 21.3. The van der Waals surface area contributed by atoms with Crippen LogP contribution in [0, 0.1) is 5.92 Å². The fraction of sp³-hybridized carbons (Fsp3) is 0.200. The van der Waals surface area contributed by atoms with E-state index >= 15 is 0 Å². The number of fused-ring (bicyclic) bond motifs is 9. The maximum atomic E-state index is 14.5. The van der Waals surface area contributed by atoms with Crippen LogP contribution in [0.4, 0.5) is 4.79 Å². The molecule has 1 aliphatic carbocycles. The van der Waals surface area contributed by atoms with E-state index in [2.05, 4.69) is 20.6 Å². The first-order chi connectivity index (χ1) is 32.4. The standard InChI is InChI=1S/C50H39Cl2N5O10/c1-25(2)37-46-56-39(47-57-44(52)41(66-47)36-29-18-19-33(58)40(59)38(29)54-43(36)51)42(67-46)50(30-15-9-10-16-35(30)65-48(50)61)31-21-28(17-20-34(31)63-23-26-11-5-3-6-12-26)22-32(45(60)55-37)53-49(62)64-24-27-13-7-4-8-14-27/h3-21,25,32,37,48,54,61H,22-24H2,1-2H3,(H,53,62)(H,55,60)/t32-,37-,48?,50?/m0/s1. The predicted molar refractivity (Wildman–Crippen MR) is 243 cm³/mol. The van der Waals surface area contributed by atoms with E-state index in [0.717, 1.165) is 17.2 Å². The number of para-hydroxylation sites is 1. The van der Waals surface area contributed by atoms with Gasteiger partial charge in [-0.3, -0.25) is 14.4 Å². The number of carbonyl (C=O) groups is 4. The molecule has 0 fully saturated rings. The number of nitrogens with zero attached hydrogens (tertiary/aromatic N) is 2. The third kappa shape index (κ3) is 7.74. The van der Waals surface area contributed by atoms with Crippen LogP contribution in [0.15, 0.2) is 118 Å². The monoisotopic (exact) mass is 939 g/mol. The summed E-state index contributed by atoms with van der Waals surface area (Å²) in [5, 5.41) is 18.2. The minimum Gasteiger partial charge on any atom is -0.489 e. The highest BCUT2D eigenvalue weighted by Gasteiger charge is 2.58. The van der Waals surface area contributed by atoms with Crippen LogP contribution in [0.2, 0.25) is 10.3 Å². The number of hydrogen-bond acceptors (Lipinski definition) is 12. The molecule has 0 radical (unpaired) electrons. The van der Waals surface area contributed by atoms with Crippen LogP contribution in [0.25, 0.3) is 29.0 Å². The zero-order valence-electron chi connectivity index (χ0n) is 35.7. The Hall–Kier alpha value is -7.46. The summed E-state index contributed by atoms with van der Waals surface area (Å²) < 4.78 is 31.9. The lowest BCUT2D eigenvalue weighted by Gasteiger charge is -2.33. The fourth-order valence-electron chi connectivity index (χ4n) is 8.71. The van der Waals surface area contributed by atoms with Crippen molar-refractivity contribution in [2.75, 3.05) is 0 Å². The predicted octanol–water partition coefficient (Wildman–Crippen LogP) is 8.70. The number of Topliss-reactive ketones (excluding diaryl/α,β-unsaturated/α-hetero) is 1. The molecule has 1 spiro atoms. The quantitative estimate of drug-likeness (QED) is 0.100. The Bertz CT molecular complexity index is 3130. The van der Waals surface area contributed by atoms with Crippen molar-refractivity contribution in [2.24, 2.45) is 5.92 Å². The Morgan fingerprint density at radius 3 is 2.36 bits per heavy atom. The van der Waals surface area contributed by atoms with Gasteiger partial charge in [0.2, 0.25) is 29.7 Å². The highest BCUT2D eigenvalue weighted by Crippen LogP contribution is 2.56. The first kappa shape index (κ1) is 43.4. The number of aliphatic hydroxyl groups is 1. The third-order valence-electron chi connectivity index (χ3n) is 12.0. The van der Waals surface area contributed by atoms with Crippen LogP contribution in [0.3, 0.4) is 0 Å². The number of benzene rings is 4. The smallest absolute Gasteiger partial charge is 0.408 e. The number of oxazole rings is 2. The van der Waals surface area contributed by atoms with E-state index in [0.29, 0.717) is 28.2 Å². The maximum Gasteiger partial charge on any atom is 0.408 e. The average molecular weight is 941 g/mol. The van der Waals surface area contributed by atoms with Crippen molar-refractivity contribution in [2.45, 2.75) is 57.3 Å². The van der Waals surface area contributed by atoms with Crippen molar-refractivity contribution in [3.63, 3.8) is 0 Å². The Labute approximate surface area is 392 Å². The molecule has 4 bridgehead atoms. The summed E-state index contributed by atoms with van der Waals surface area (Å²) in [6.07, 6.45) is -0.00170. The molecule has 17 heteroatoms. The molecular formula is C50H39Cl2N5O10. The number of ketones is 2. The molecule has 3 aliphatic rings. The van der Waals surface area contributed by atoms with Gasteiger partial charge >= 0.3 is 6.09 Å². The number of H-pyrrole nitrogens is 1. The summed E-state index contributed by atoms with van der Waals surface area (Å²) >= 11 is 13.6. The highest BCUT2D eigenvalue weighted by atomic mass is 35.5.